The largest absolute Gasteiger partial charge is 0.362 e. The molecule has 0 aliphatic carbocycles. The Morgan fingerprint density at radius 1 is 1.60 bits per heavy atom. The molecule has 2 aromatic rings. The number of likely N-dealkylation sites (tertiary alicyclic amines) is 1. The number of nitrogens with zero attached hydrogens (tertiary/aromatic N) is 2. The van der Waals surface area contributed by atoms with Crippen molar-refractivity contribution in [3.63, 3.8) is 0 Å². The highest BCUT2D eigenvalue weighted by Crippen LogP contribution is 2.36. The van der Waals surface area contributed by atoms with E-state index in [0.717, 1.165) is 35.9 Å². The van der Waals surface area contributed by atoms with Crippen LogP contribution in [0.15, 0.2) is 23.7 Å². The molecule has 0 aromatic carbocycles. The van der Waals surface area contributed by atoms with E-state index >= 15 is 0 Å². The molecule has 1 fully saturated rings. The van der Waals surface area contributed by atoms with Crippen LogP contribution in [0.1, 0.15) is 40.4 Å². The molecule has 2 aromatic heterocycles. The van der Waals surface area contributed by atoms with E-state index in [0.29, 0.717) is 0 Å². The Balaban J connectivity index is 1.78. The van der Waals surface area contributed by atoms with Gasteiger partial charge in [0, 0.05) is 18.0 Å². The lowest BCUT2D eigenvalue weighted by atomic mass is 10.2. The summed E-state index contributed by atoms with van der Waals surface area (Å²) in [6.07, 6.45) is 3.83. The third kappa shape index (κ3) is 2.58. The average Bonchev–Trinajstić information content (AvgIpc) is 3.19. The number of carbonyl (C=O) groups is 1. The number of thiophene rings is 1. The van der Waals surface area contributed by atoms with Gasteiger partial charge in [0.25, 0.3) is 5.91 Å². The Morgan fingerprint density at radius 3 is 3.25 bits per heavy atom. The van der Waals surface area contributed by atoms with Crippen LogP contribution < -0.4 is 5.32 Å². The highest BCUT2D eigenvalue weighted by atomic mass is 32.1. The normalized spacial score (nSPS) is 18.4. The molecule has 1 aliphatic heterocycles. The first-order chi connectivity index (χ1) is 9.79. The van der Waals surface area contributed by atoms with Crippen LogP contribution in [0.4, 0.5) is 5.13 Å². The molecule has 106 valence electrons. The lowest BCUT2D eigenvalue weighted by molar-refractivity contribution is 0.0742. The van der Waals surface area contributed by atoms with Crippen LogP contribution in [0.5, 0.6) is 0 Å². The van der Waals surface area contributed by atoms with Crippen molar-refractivity contribution in [2.75, 3.05) is 18.4 Å². The summed E-state index contributed by atoms with van der Waals surface area (Å²) in [5.41, 5.74) is 0. The monoisotopic (exact) mass is 307 g/mol. The Bertz CT molecular complexity index is 579. The van der Waals surface area contributed by atoms with Crippen molar-refractivity contribution in [1.82, 2.24) is 9.88 Å². The van der Waals surface area contributed by atoms with E-state index in [-0.39, 0.29) is 11.9 Å². The van der Waals surface area contributed by atoms with Gasteiger partial charge in [-0.1, -0.05) is 17.4 Å². The number of aromatic nitrogens is 1. The molecule has 0 unspecified atom stereocenters. The van der Waals surface area contributed by atoms with Gasteiger partial charge in [0.05, 0.1) is 12.2 Å². The minimum absolute atomic E-state index is 0.113. The minimum atomic E-state index is 0.113. The van der Waals surface area contributed by atoms with Gasteiger partial charge < -0.3 is 10.2 Å². The van der Waals surface area contributed by atoms with E-state index in [1.54, 1.807) is 17.5 Å². The Labute approximate surface area is 126 Å². The average molecular weight is 307 g/mol. The van der Waals surface area contributed by atoms with Crippen LogP contribution >= 0.6 is 22.7 Å². The van der Waals surface area contributed by atoms with Crippen molar-refractivity contribution in [1.29, 1.82) is 0 Å². The van der Waals surface area contributed by atoms with E-state index in [1.807, 2.05) is 11.8 Å². The molecule has 0 bridgehead atoms. The molecule has 0 spiro atoms. The fraction of sp³-hybridized carbons (Fsp3) is 0.429. The predicted molar refractivity (Wildman–Crippen MR) is 83.6 cm³/mol. The Kier molecular flexibility index (Phi) is 4.03. The van der Waals surface area contributed by atoms with Crippen molar-refractivity contribution < 1.29 is 4.79 Å². The van der Waals surface area contributed by atoms with E-state index in [1.165, 1.54) is 16.2 Å². The highest BCUT2D eigenvalue weighted by Gasteiger charge is 2.32. The van der Waals surface area contributed by atoms with Crippen LogP contribution in [0.2, 0.25) is 0 Å². The molecule has 6 heteroatoms. The fourth-order valence-electron chi connectivity index (χ4n) is 2.53. The summed E-state index contributed by atoms with van der Waals surface area (Å²) in [5.74, 6) is 0.113. The third-order valence-electron chi connectivity index (χ3n) is 3.43. The zero-order valence-corrected chi connectivity index (χ0v) is 13.0. The SMILES string of the molecule is CCNc1ncc(C(=O)N2CCC[C@@H]2c2cccs2)s1. The molecule has 1 aliphatic rings. The number of amides is 1. The zero-order chi connectivity index (χ0) is 13.9. The number of hydrogen-bond donors (Lipinski definition) is 1. The van der Waals surface area contributed by atoms with Gasteiger partial charge in [-0.3, -0.25) is 4.79 Å². The summed E-state index contributed by atoms with van der Waals surface area (Å²) in [4.78, 5) is 20.9. The first-order valence-electron chi connectivity index (χ1n) is 6.83. The van der Waals surface area contributed by atoms with Gasteiger partial charge in [-0.05, 0) is 31.2 Å². The van der Waals surface area contributed by atoms with Crippen molar-refractivity contribution in [3.8, 4) is 0 Å². The maximum absolute atomic E-state index is 12.6. The molecule has 0 saturated carbocycles. The van der Waals surface area contributed by atoms with Gasteiger partial charge in [-0.15, -0.1) is 11.3 Å². The molecule has 1 N–H and O–H groups in total. The topological polar surface area (TPSA) is 45.2 Å². The quantitative estimate of drug-likeness (QED) is 0.938. The second kappa shape index (κ2) is 5.93. The van der Waals surface area contributed by atoms with Crippen LogP contribution in [0.25, 0.3) is 0 Å². The summed E-state index contributed by atoms with van der Waals surface area (Å²) < 4.78 is 0. The molecule has 0 radical (unpaired) electrons. The molecule has 3 heterocycles. The minimum Gasteiger partial charge on any atom is -0.362 e. The number of carbonyl (C=O) groups excluding carboxylic acids is 1. The van der Waals surface area contributed by atoms with E-state index in [4.69, 9.17) is 0 Å². The second-order valence-electron chi connectivity index (χ2n) is 4.73. The first kappa shape index (κ1) is 13.6. The molecule has 1 saturated heterocycles. The van der Waals surface area contributed by atoms with Crippen molar-refractivity contribution >= 4 is 33.7 Å². The molecule has 1 amide bonds. The highest BCUT2D eigenvalue weighted by molar-refractivity contribution is 7.17. The molecular weight excluding hydrogens is 290 g/mol. The molecule has 4 nitrogen and oxygen atoms in total. The van der Waals surface area contributed by atoms with Crippen LogP contribution in [-0.4, -0.2) is 28.9 Å². The number of hydrogen-bond acceptors (Lipinski definition) is 5. The lowest BCUT2D eigenvalue weighted by Gasteiger charge is -2.23. The second-order valence-corrected chi connectivity index (χ2v) is 6.74. The maximum Gasteiger partial charge on any atom is 0.266 e. The van der Waals surface area contributed by atoms with Gasteiger partial charge in [0.15, 0.2) is 5.13 Å². The van der Waals surface area contributed by atoms with Crippen LogP contribution in [0, 0.1) is 0 Å². The molecule has 3 rings (SSSR count). The summed E-state index contributed by atoms with van der Waals surface area (Å²) in [6, 6.07) is 4.42. The van der Waals surface area contributed by atoms with Crippen molar-refractivity contribution in [2.45, 2.75) is 25.8 Å². The lowest BCUT2D eigenvalue weighted by Crippen LogP contribution is -2.29. The number of thiazole rings is 1. The van der Waals surface area contributed by atoms with Crippen LogP contribution in [-0.2, 0) is 0 Å². The summed E-state index contributed by atoms with van der Waals surface area (Å²) in [7, 11) is 0. The van der Waals surface area contributed by atoms with E-state index < -0.39 is 0 Å². The Hall–Kier alpha value is -1.40. The van der Waals surface area contributed by atoms with Gasteiger partial charge in [0.2, 0.25) is 0 Å². The fourth-order valence-corrected chi connectivity index (χ4v) is 4.25. The number of anilines is 1. The van der Waals surface area contributed by atoms with Crippen molar-refractivity contribution in [2.24, 2.45) is 0 Å². The molecular formula is C14H17N3OS2. The number of nitrogens with one attached hydrogen (secondary N) is 1. The van der Waals surface area contributed by atoms with Gasteiger partial charge in [-0.25, -0.2) is 4.98 Å². The number of rotatable bonds is 4. The summed E-state index contributed by atoms with van der Waals surface area (Å²) in [6.45, 7) is 3.69. The maximum atomic E-state index is 12.6. The van der Waals surface area contributed by atoms with Gasteiger partial charge in [-0.2, -0.15) is 0 Å². The van der Waals surface area contributed by atoms with E-state index in [9.17, 15) is 4.79 Å². The third-order valence-corrected chi connectivity index (χ3v) is 5.35. The van der Waals surface area contributed by atoms with E-state index in [2.05, 4.69) is 27.8 Å². The smallest absolute Gasteiger partial charge is 0.266 e. The van der Waals surface area contributed by atoms with Crippen LogP contribution in [0.3, 0.4) is 0 Å². The van der Waals surface area contributed by atoms with Gasteiger partial charge >= 0.3 is 0 Å². The summed E-state index contributed by atoms with van der Waals surface area (Å²) in [5, 5.41) is 6.05. The predicted octanol–water partition coefficient (Wildman–Crippen LogP) is 3.61. The van der Waals surface area contributed by atoms with Gasteiger partial charge in [0.1, 0.15) is 4.88 Å². The molecule has 1 atom stereocenters. The standard InChI is InChI=1S/C14H17N3OS2/c1-2-15-14-16-9-12(20-14)13(18)17-7-3-5-10(17)11-6-4-8-19-11/h4,6,8-10H,2-3,5,7H2,1H3,(H,15,16)/t10-/m1/s1. The Morgan fingerprint density at radius 2 is 2.50 bits per heavy atom. The van der Waals surface area contributed by atoms with Crippen molar-refractivity contribution in [3.05, 3.63) is 33.5 Å². The first-order valence-corrected chi connectivity index (χ1v) is 8.53. The molecule has 20 heavy (non-hydrogen) atoms. The summed E-state index contributed by atoms with van der Waals surface area (Å²) >= 11 is 3.17. The zero-order valence-electron chi connectivity index (χ0n) is 11.3.